The number of nitrogens with one attached hydrogen (secondary N) is 1. The second-order valence-electron chi connectivity index (χ2n) is 5.38. The molecule has 0 saturated carbocycles. The Labute approximate surface area is 137 Å². The van der Waals surface area contributed by atoms with Gasteiger partial charge in [-0.3, -0.25) is 10.00 Å². The minimum atomic E-state index is 0.675. The number of nitriles is 1. The predicted octanol–water partition coefficient (Wildman–Crippen LogP) is 2.07. The molecule has 1 aliphatic rings. The van der Waals surface area contributed by atoms with E-state index in [1.54, 1.807) is 0 Å². The third-order valence-electron chi connectivity index (χ3n) is 3.80. The molecular formula is C15H17BrN6. The van der Waals surface area contributed by atoms with Crippen LogP contribution >= 0.6 is 15.9 Å². The van der Waals surface area contributed by atoms with E-state index in [9.17, 15) is 0 Å². The number of aromatic amines is 1. The Hall–Kier alpha value is -1.91. The highest BCUT2D eigenvalue weighted by Gasteiger charge is 2.20. The van der Waals surface area contributed by atoms with E-state index in [4.69, 9.17) is 5.26 Å². The highest BCUT2D eigenvalue weighted by molar-refractivity contribution is 9.10. The van der Waals surface area contributed by atoms with Crippen LogP contribution in [0.2, 0.25) is 0 Å². The maximum absolute atomic E-state index is 8.93. The maximum atomic E-state index is 8.93. The van der Waals surface area contributed by atoms with Gasteiger partial charge < -0.3 is 4.90 Å². The van der Waals surface area contributed by atoms with E-state index in [0.717, 1.165) is 54.5 Å². The minimum absolute atomic E-state index is 0.675. The number of rotatable bonds is 3. The van der Waals surface area contributed by atoms with Gasteiger partial charge in [0.05, 0.1) is 23.9 Å². The summed E-state index contributed by atoms with van der Waals surface area (Å²) in [4.78, 5) is 9.05. The quantitative estimate of drug-likeness (QED) is 0.906. The summed E-state index contributed by atoms with van der Waals surface area (Å²) >= 11 is 3.56. The van der Waals surface area contributed by atoms with Crippen LogP contribution in [0.5, 0.6) is 0 Å². The summed E-state index contributed by atoms with van der Waals surface area (Å²) in [5.74, 6) is 1.71. The molecular weight excluding hydrogens is 344 g/mol. The molecule has 7 heteroatoms. The monoisotopic (exact) mass is 360 g/mol. The molecule has 1 fully saturated rings. The molecule has 0 atom stereocenters. The zero-order valence-electron chi connectivity index (χ0n) is 12.4. The van der Waals surface area contributed by atoms with E-state index in [0.29, 0.717) is 5.56 Å². The van der Waals surface area contributed by atoms with E-state index in [1.807, 2.05) is 25.1 Å². The molecule has 0 aliphatic carbocycles. The van der Waals surface area contributed by atoms with Crippen molar-refractivity contribution < 1.29 is 0 Å². The van der Waals surface area contributed by atoms with Crippen molar-refractivity contribution >= 4 is 21.6 Å². The molecule has 0 unspecified atom stereocenters. The van der Waals surface area contributed by atoms with Crippen molar-refractivity contribution in [2.24, 2.45) is 0 Å². The third-order valence-corrected chi connectivity index (χ3v) is 4.43. The number of nitrogens with zero attached hydrogens (tertiary/aromatic N) is 5. The van der Waals surface area contributed by atoms with Gasteiger partial charge in [-0.25, -0.2) is 4.98 Å². The topological polar surface area (TPSA) is 71.8 Å². The van der Waals surface area contributed by atoms with Gasteiger partial charge in [-0.1, -0.05) is 0 Å². The van der Waals surface area contributed by atoms with E-state index >= 15 is 0 Å². The van der Waals surface area contributed by atoms with Gasteiger partial charge in [0.15, 0.2) is 5.82 Å². The normalized spacial score (nSPS) is 15.8. The molecule has 2 heterocycles. The fourth-order valence-electron chi connectivity index (χ4n) is 2.64. The number of aromatic nitrogens is 3. The Kier molecular flexibility index (Phi) is 4.41. The molecule has 1 saturated heterocycles. The highest BCUT2D eigenvalue weighted by Crippen LogP contribution is 2.28. The summed E-state index contributed by atoms with van der Waals surface area (Å²) in [7, 11) is 0. The number of H-pyrrole nitrogens is 1. The Morgan fingerprint density at radius 2 is 2.09 bits per heavy atom. The van der Waals surface area contributed by atoms with Gasteiger partial charge in [0, 0.05) is 30.7 Å². The molecule has 0 bridgehead atoms. The molecule has 1 aromatic heterocycles. The standard InChI is InChI=1S/C15H17BrN6/c1-11-18-15(20-19-11)10-21-4-6-22(7-5-21)14-3-2-12(9-17)8-13(14)16/h2-3,8H,4-7,10H2,1H3,(H,18,19,20). The number of halogens is 1. The Morgan fingerprint density at radius 1 is 1.32 bits per heavy atom. The molecule has 0 radical (unpaired) electrons. The van der Waals surface area contributed by atoms with Crippen LogP contribution in [-0.2, 0) is 6.54 Å². The summed E-state index contributed by atoms with van der Waals surface area (Å²) in [6.45, 7) is 6.55. The zero-order chi connectivity index (χ0) is 15.5. The van der Waals surface area contributed by atoms with Crippen molar-refractivity contribution in [3.05, 3.63) is 39.9 Å². The van der Waals surface area contributed by atoms with Crippen molar-refractivity contribution in [2.45, 2.75) is 13.5 Å². The summed E-state index contributed by atoms with van der Waals surface area (Å²) in [5.41, 5.74) is 1.82. The zero-order valence-corrected chi connectivity index (χ0v) is 14.0. The Bertz CT molecular complexity index is 696. The minimum Gasteiger partial charge on any atom is -0.368 e. The van der Waals surface area contributed by atoms with Crippen LogP contribution in [0.3, 0.4) is 0 Å². The fraction of sp³-hybridized carbons (Fsp3) is 0.400. The summed E-state index contributed by atoms with van der Waals surface area (Å²) < 4.78 is 0.976. The van der Waals surface area contributed by atoms with Gasteiger partial charge in [-0.2, -0.15) is 10.4 Å². The smallest absolute Gasteiger partial charge is 0.164 e. The van der Waals surface area contributed by atoms with Crippen molar-refractivity contribution in [3.63, 3.8) is 0 Å². The van der Waals surface area contributed by atoms with Crippen molar-refractivity contribution in [1.29, 1.82) is 5.26 Å². The Morgan fingerprint density at radius 3 is 2.68 bits per heavy atom. The number of benzene rings is 1. The maximum Gasteiger partial charge on any atom is 0.164 e. The summed E-state index contributed by atoms with van der Waals surface area (Å²) in [6, 6.07) is 7.91. The second kappa shape index (κ2) is 6.46. The number of piperazine rings is 1. The Balaban J connectivity index is 1.61. The van der Waals surface area contributed by atoms with E-state index in [2.05, 4.69) is 47.0 Å². The van der Waals surface area contributed by atoms with Gasteiger partial charge in [-0.05, 0) is 41.1 Å². The summed E-state index contributed by atoms with van der Waals surface area (Å²) in [6.07, 6.45) is 0. The lowest BCUT2D eigenvalue weighted by Gasteiger charge is -2.36. The van der Waals surface area contributed by atoms with Crippen molar-refractivity contribution in [3.8, 4) is 6.07 Å². The molecule has 0 spiro atoms. The van der Waals surface area contributed by atoms with Crippen LogP contribution in [-0.4, -0.2) is 46.3 Å². The first kappa shape index (κ1) is 15.0. The number of anilines is 1. The number of hydrogen-bond donors (Lipinski definition) is 1. The van der Waals surface area contributed by atoms with Crippen LogP contribution in [0.4, 0.5) is 5.69 Å². The van der Waals surface area contributed by atoms with Crippen molar-refractivity contribution in [2.75, 3.05) is 31.1 Å². The van der Waals surface area contributed by atoms with E-state index in [1.165, 1.54) is 0 Å². The largest absolute Gasteiger partial charge is 0.368 e. The van der Waals surface area contributed by atoms with Gasteiger partial charge in [0.1, 0.15) is 5.82 Å². The first-order valence-electron chi connectivity index (χ1n) is 7.20. The molecule has 1 N–H and O–H groups in total. The second-order valence-corrected chi connectivity index (χ2v) is 6.23. The van der Waals surface area contributed by atoms with Gasteiger partial charge in [0.2, 0.25) is 0 Å². The van der Waals surface area contributed by atoms with Crippen LogP contribution in [0.25, 0.3) is 0 Å². The van der Waals surface area contributed by atoms with Crippen LogP contribution < -0.4 is 4.90 Å². The highest BCUT2D eigenvalue weighted by atomic mass is 79.9. The average Bonchev–Trinajstić information content (AvgIpc) is 2.93. The molecule has 0 amide bonds. The summed E-state index contributed by atoms with van der Waals surface area (Å²) in [5, 5.41) is 16.0. The van der Waals surface area contributed by atoms with Gasteiger partial charge in [-0.15, -0.1) is 0 Å². The first-order chi connectivity index (χ1) is 10.7. The third kappa shape index (κ3) is 3.29. The first-order valence-corrected chi connectivity index (χ1v) is 8.00. The molecule has 1 aliphatic heterocycles. The number of aryl methyl sites for hydroxylation is 1. The fourth-order valence-corrected chi connectivity index (χ4v) is 3.27. The molecule has 3 rings (SSSR count). The molecule has 2 aromatic rings. The van der Waals surface area contributed by atoms with Gasteiger partial charge >= 0.3 is 0 Å². The molecule has 114 valence electrons. The molecule has 1 aromatic carbocycles. The van der Waals surface area contributed by atoms with Crippen LogP contribution in [0, 0.1) is 18.3 Å². The van der Waals surface area contributed by atoms with E-state index in [-0.39, 0.29) is 0 Å². The lowest BCUT2D eigenvalue weighted by Crippen LogP contribution is -2.46. The van der Waals surface area contributed by atoms with Crippen LogP contribution in [0.1, 0.15) is 17.2 Å². The average molecular weight is 361 g/mol. The predicted molar refractivity (Wildman–Crippen MR) is 87.5 cm³/mol. The number of hydrogen-bond acceptors (Lipinski definition) is 5. The van der Waals surface area contributed by atoms with E-state index < -0.39 is 0 Å². The molecule has 22 heavy (non-hydrogen) atoms. The van der Waals surface area contributed by atoms with Crippen molar-refractivity contribution in [1.82, 2.24) is 20.1 Å². The van der Waals surface area contributed by atoms with Gasteiger partial charge in [0.25, 0.3) is 0 Å². The lowest BCUT2D eigenvalue weighted by atomic mass is 10.2. The SMILES string of the molecule is Cc1nc(CN2CCN(c3ccc(C#N)cc3Br)CC2)n[nH]1. The van der Waals surface area contributed by atoms with Crippen LogP contribution in [0.15, 0.2) is 22.7 Å². The molecule has 6 nitrogen and oxygen atoms in total. The lowest BCUT2D eigenvalue weighted by molar-refractivity contribution is 0.244.